The molecule has 4 heteroatoms. The Hall–Kier alpha value is -2.46. The van der Waals surface area contributed by atoms with Crippen LogP contribution >= 0.6 is 0 Å². The van der Waals surface area contributed by atoms with Crippen LogP contribution in [0, 0.1) is 0 Å². The number of rotatable bonds is 3. The SMILES string of the molecule is O=c1[nH]c(-c2ccc(CCO)cc2)nc2ccccc12. The van der Waals surface area contributed by atoms with E-state index in [-0.39, 0.29) is 12.2 Å². The second kappa shape index (κ2) is 5.27. The van der Waals surface area contributed by atoms with Crippen LogP contribution in [0.2, 0.25) is 0 Å². The number of nitrogens with one attached hydrogen (secondary N) is 1. The fourth-order valence-corrected chi connectivity index (χ4v) is 2.18. The molecule has 0 saturated carbocycles. The van der Waals surface area contributed by atoms with E-state index in [2.05, 4.69) is 9.97 Å². The van der Waals surface area contributed by atoms with Gasteiger partial charge in [-0.3, -0.25) is 4.79 Å². The van der Waals surface area contributed by atoms with Crippen LogP contribution in [0.3, 0.4) is 0 Å². The molecule has 3 rings (SSSR count). The topological polar surface area (TPSA) is 66.0 Å². The second-order valence-electron chi connectivity index (χ2n) is 4.60. The van der Waals surface area contributed by atoms with Crippen LogP contribution < -0.4 is 5.56 Å². The van der Waals surface area contributed by atoms with Crippen LogP contribution in [0.4, 0.5) is 0 Å². The molecule has 1 aromatic heterocycles. The third-order valence-corrected chi connectivity index (χ3v) is 3.24. The molecule has 0 aliphatic carbocycles. The molecule has 2 N–H and O–H groups in total. The molecule has 4 nitrogen and oxygen atoms in total. The Morgan fingerprint density at radius 1 is 1.05 bits per heavy atom. The van der Waals surface area contributed by atoms with Gasteiger partial charge in [-0.2, -0.15) is 0 Å². The largest absolute Gasteiger partial charge is 0.396 e. The maximum Gasteiger partial charge on any atom is 0.259 e. The number of benzene rings is 2. The highest BCUT2D eigenvalue weighted by Crippen LogP contribution is 2.17. The second-order valence-corrected chi connectivity index (χ2v) is 4.60. The average molecular weight is 266 g/mol. The third kappa shape index (κ3) is 2.33. The molecule has 2 aromatic carbocycles. The summed E-state index contributed by atoms with van der Waals surface area (Å²) in [6, 6.07) is 14.9. The molecular formula is C16H14N2O2. The predicted octanol–water partition coefficient (Wildman–Crippen LogP) is 2.12. The molecule has 0 aliphatic rings. The van der Waals surface area contributed by atoms with E-state index in [9.17, 15) is 4.79 Å². The summed E-state index contributed by atoms with van der Waals surface area (Å²) >= 11 is 0. The summed E-state index contributed by atoms with van der Waals surface area (Å²) < 4.78 is 0. The average Bonchev–Trinajstić information content (AvgIpc) is 2.48. The highest BCUT2D eigenvalue weighted by atomic mass is 16.2. The van der Waals surface area contributed by atoms with Crippen LogP contribution in [-0.4, -0.2) is 21.7 Å². The lowest BCUT2D eigenvalue weighted by molar-refractivity contribution is 0.299. The minimum Gasteiger partial charge on any atom is -0.396 e. The number of hydrogen-bond donors (Lipinski definition) is 2. The first-order chi connectivity index (χ1) is 9.78. The number of H-pyrrole nitrogens is 1. The Bertz CT molecular complexity index is 791. The van der Waals surface area contributed by atoms with Crippen molar-refractivity contribution in [3.8, 4) is 11.4 Å². The molecule has 20 heavy (non-hydrogen) atoms. The Labute approximate surface area is 115 Å². The Morgan fingerprint density at radius 3 is 2.55 bits per heavy atom. The molecule has 0 saturated heterocycles. The van der Waals surface area contributed by atoms with Crippen LogP contribution in [0.25, 0.3) is 22.3 Å². The minimum atomic E-state index is -0.134. The van der Waals surface area contributed by atoms with Crippen molar-refractivity contribution in [1.82, 2.24) is 9.97 Å². The molecule has 100 valence electrons. The van der Waals surface area contributed by atoms with E-state index in [1.165, 1.54) is 0 Å². The number of aliphatic hydroxyl groups excluding tert-OH is 1. The van der Waals surface area contributed by atoms with E-state index < -0.39 is 0 Å². The van der Waals surface area contributed by atoms with E-state index in [1.54, 1.807) is 6.07 Å². The molecular weight excluding hydrogens is 252 g/mol. The van der Waals surface area contributed by atoms with Crippen molar-refractivity contribution in [1.29, 1.82) is 0 Å². The van der Waals surface area contributed by atoms with Gasteiger partial charge in [-0.25, -0.2) is 4.98 Å². The first-order valence-corrected chi connectivity index (χ1v) is 6.47. The molecule has 1 heterocycles. The number of fused-ring (bicyclic) bond motifs is 1. The van der Waals surface area contributed by atoms with Crippen molar-refractivity contribution in [3.05, 3.63) is 64.4 Å². The number of hydrogen-bond acceptors (Lipinski definition) is 3. The highest BCUT2D eigenvalue weighted by molar-refractivity contribution is 5.79. The Kier molecular flexibility index (Phi) is 3.31. The number of nitrogens with zero attached hydrogens (tertiary/aromatic N) is 1. The molecule has 0 fully saturated rings. The third-order valence-electron chi connectivity index (χ3n) is 3.24. The molecule has 3 aromatic rings. The van der Waals surface area contributed by atoms with Gasteiger partial charge < -0.3 is 10.1 Å². The summed E-state index contributed by atoms with van der Waals surface area (Å²) in [6.45, 7) is 0.129. The zero-order valence-corrected chi connectivity index (χ0v) is 10.8. The van der Waals surface area contributed by atoms with Gasteiger partial charge in [-0.1, -0.05) is 36.4 Å². The van der Waals surface area contributed by atoms with Gasteiger partial charge in [-0.05, 0) is 24.1 Å². The van der Waals surface area contributed by atoms with Crippen molar-refractivity contribution in [2.24, 2.45) is 0 Å². The molecule has 0 atom stereocenters. The Morgan fingerprint density at radius 2 is 1.80 bits per heavy atom. The van der Waals surface area contributed by atoms with Crippen LogP contribution in [0.1, 0.15) is 5.56 Å². The van der Waals surface area contributed by atoms with Gasteiger partial charge in [0.15, 0.2) is 0 Å². The highest BCUT2D eigenvalue weighted by Gasteiger charge is 2.05. The fourth-order valence-electron chi connectivity index (χ4n) is 2.18. The lowest BCUT2D eigenvalue weighted by atomic mass is 10.1. The summed E-state index contributed by atoms with van der Waals surface area (Å²) in [7, 11) is 0. The molecule has 0 aliphatic heterocycles. The van der Waals surface area contributed by atoms with Gasteiger partial charge in [0.2, 0.25) is 0 Å². The molecule has 0 bridgehead atoms. The molecule has 0 spiro atoms. The number of aromatic nitrogens is 2. The number of aliphatic hydroxyl groups is 1. The summed E-state index contributed by atoms with van der Waals surface area (Å²) in [5.74, 6) is 0.559. The van der Waals surface area contributed by atoms with Crippen LogP contribution in [0.15, 0.2) is 53.3 Å². The molecule has 0 amide bonds. The first-order valence-electron chi connectivity index (χ1n) is 6.47. The predicted molar refractivity (Wildman–Crippen MR) is 78.6 cm³/mol. The van der Waals surface area contributed by atoms with Crippen molar-refractivity contribution in [2.45, 2.75) is 6.42 Å². The van der Waals surface area contributed by atoms with Crippen molar-refractivity contribution in [3.63, 3.8) is 0 Å². The van der Waals surface area contributed by atoms with E-state index in [4.69, 9.17) is 5.11 Å². The van der Waals surface area contributed by atoms with Crippen molar-refractivity contribution >= 4 is 10.9 Å². The molecule has 0 unspecified atom stereocenters. The zero-order valence-electron chi connectivity index (χ0n) is 10.8. The summed E-state index contributed by atoms with van der Waals surface area (Å²) in [5.41, 5.74) is 2.46. The standard InChI is InChI=1S/C16H14N2O2/c19-10-9-11-5-7-12(8-6-11)15-17-14-4-2-1-3-13(14)16(20)18-15/h1-8,19H,9-10H2,(H,17,18,20). The fraction of sp³-hybridized carbons (Fsp3) is 0.125. The van der Waals surface area contributed by atoms with Crippen molar-refractivity contribution in [2.75, 3.05) is 6.61 Å². The van der Waals surface area contributed by atoms with Gasteiger partial charge in [0.25, 0.3) is 5.56 Å². The van der Waals surface area contributed by atoms with Gasteiger partial charge in [0.05, 0.1) is 10.9 Å². The lowest BCUT2D eigenvalue weighted by Gasteiger charge is -2.04. The van der Waals surface area contributed by atoms with Gasteiger partial charge in [0, 0.05) is 12.2 Å². The van der Waals surface area contributed by atoms with Crippen LogP contribution in [-0.2, 0) is 6.42 Å². The quantitative estimate of drug-likeness (QED) is 0.763. The minimum absolute atomic E-state index is 0.129. The summed E-state index contributed by atoms with van der Waals surface area (Å²) in [5, 5.41) is 9.49. The smallest absolute Gasteiger partial charge is 0.259 e. The van der Waals surface area contributed by atoms with E-state index in [0.29, 0.717) is 23.1 Å². The van der Waals surface area contributed by atoms with E-state index in [1.807, 2.05) is 42.5 Å². The van der Waals surface area contributed by atoms with Gasteiger partial charge in [0.1, 0.15) is 5.82 Å². The van der Waals surface area contributed by atoms with Gasteiger partial charge >= 0.3 is 0 Å². The van der Waals surface area contributed by atoms with E-state index in [0.717, 1.165) is 11.1 Å². The summed E-state index contributed by atoms with van der Waals surface area (Å²) in [6.07, 6.45) is 0.627. The monoisotopic (exact) mass is 266 g/mol. The number of para-hydroxylation sites is 1. The van der Waals surface area contributed by atoms with E-state index >= 15 is 0 Å². The van der Waals surface area contributed by atoms with Gasteiger partial charge in [-0.15, -0.1) is 0 Å². The first kappa shape index (κ1) is 12.6. The van der Waals surface area contributed by atoms with Crippen LogP contribution in [0.5, 0.6) is 0 Å². The maximum atomic E-state index is 12.0. The zero-order chi connectivity index (χ0) is 13.9. The number of aromatic amines is 1. The maximum absolute atomic E-state index is 12.0. The lowest BCUT2D eigenvalue weighted by Crippen LogP contribution is -2.09. The molecule has 0 radical (unpaired) electrons. The Balaban J connectivity index is 2.07. The summed E-state index contributed by atoms with van der Waals surface area (Å²) in [4.78, 5) is 19.3. The van der Waals surface area contributed by atoms with Crippen molar-refractivity contribution < 1.29 is 5.11 Å². The normalized spacial score (nSPS) is 10.8.